The van der Waals surface area contributed by atoms with Crippen molar-refractivity contribution < 1.29 is 18.7 Å². The molecule has 2 aliphatic rings. The molecule has 2 aliphatic heterocycles. The minimum Gasteiger partial charge on any atom is -0.497 e. The second-order valence-corrected chi connectivity index (χ2v) is 8.04. The van der Waals surface area contributed by atoms with Gasteiger partial charge in [-0.3, -0.25) is 9.59 Å². The van der Waals surface area contributed by atoms with Crippen molar-refractivity contribution in [1.29, 1.82) is 0 Å². The van der Waals surface area contributed by atoms with E-state index in [1.807, 2.05) is 23.1 Å². The van der Waals surface area contributed by atoms with Gasteiger partial charge in [-0.15, -0.1) is 12.4 Å². The summed E-state index contributed by atoms with van der Waals surface area (Å²) < 4.78 is 10.8. The number of benzene rings is 1. The molecule has 2 amide bonds. The van der Waals surface area contributed by atoms with Gasteiger partial charge in [-0.25, -0.2) is 0 Å². The molecule has 0 aliphatic carbocycles. The van der Waals surface area contributed by atoms with Crippen LogP contribution in [0.4, 0.5) is 0 Å². The number of fused-ring (bicyclic) bond motifs is 1. The van der Waals surface area contributed by atoms with Gasteiger partial charge in [-0.1, -0.05) is 0 Å². The standard InChI is InChI=1S/C22H29N3O4.ClH/c1-28-17-6-7-18-16(14-29-20(18)11-17)10-21(26)25-9-3-4-15(13-25)12-24-22(27)19-5-2-8-23-19;/h6-7,11,14-15,19,23H,2-5,8-10,12-13H2,1H3,(H,24,27);1H. The molecule has 164 valence electrons. The maximum Gasteiger partial charge on any atom is 0.237 e. The predicted molar refractivity (Wildman–Crippen MR) is 117 cm³/mol. The zero-order valence-corrected chi connectivity index (χ0v) is 18.1. The fourth-order valence-electron chi connectivity index (χ4n) is 4.34. The highest BCUT2D eigenvalue weighted by Crippen LogP contribution is 2.26. The topological polar surface area (TPSA) is 83.8 Å². The van der Waals surface area contributed by atoms with Crippen LogP contribution in [0.15, 0.2) is 28.9 Å². The number of rotatable bonds is 6. The van der Waals surface area contributed by atoms with E-state index in [1.165, 1.54) is 0 Å². The highest BCUT2D eigenvalue weighted by Gasteiger charge is 2.27. The first kappa shape index (κ1) is 22.4. The number of furan rings is 1. The van der Waals surface area contributed by atoms with E-state index in [-0.39, 0.29) is 30.3 Å². The highest BCUT2D eigenvalue weighted by atomic mass is 35.5. The zero-order valence-electron chi connectivity index (χ0n) is 17.3. The molecular weight excluding hydrogens is 406 g/mol. The van der Waals surface area contributed by atoms with Crippen LogP contribution in [-0.4, -0.2) is 56.0 Å². The molecule has 2 aromatic rings. The number of amides is 2. The van der Waals surface area contributed by atoms with Crippen molar-refractivity contribution in [2.24, 2.45) is 5.92 Å². The lowest BCUT2D eigenvalue weighted by molar-refractivity contribution is -0.132. The lowest BCUT2D eigenvalue weighted by Crippen LogP contribution is -2.47. The number of halogens is 1. The van der Waals surface area contributed by atoms with E-state index in [1.54, 1.807) is 13.4 Å². The van der Waals surface area contributed by atoms with Crippen LogP contribution in [-0.2, 0) is 16.0 Å². The van der Waals surface area contributed by atoms with Gasteiger partial charge in [0, 0.05) is 36.7 Å². The quantitative estimate of drug-likeness (QED) is 0.728. The number of nitrogens with one attached hydrogen (secondary N) is 2. The van der Waals surface area contributed by atoms with E-state index in [2.05, 4.69) is 10.6 Å². The highest BCUT2D eigenvalue weighted by molar-refractivity contribution is 5.88. The average molecular weight is 436 g/mol. The minimum atomic E-state index is -0.0516. The van der Waals surface area contributed by atoms with Crippen molar-refractivity contribution >= 4 is 35.2 Å². The Balaban J connectivity index is 0.00000256. The maximum absolute atomic E-state index is 12.9. The summed E-state index contributed by atoms with van der Waals surface area (Å²) in [5.74, 6) is 1.24. The Morgan fingerprint density at radius 3 is 2.93 bits per heavy atom. The van der Waals surface area contributed by atoms with Crippen LogP contribution >= 0.6 is 12.4 Å². The van der Waals surface area contributed by atoms with Crippen LogP contribution < -0.4 is 15.4 Å². The lowest BCUT2D eigenvalue weighted by Gasteiger charge is -2.33. The molecule has 3 heterocycles. The van der Waals surface area contributed by atoms with E-state index in [9.17, 15) is 9.59 Å². The number of hydrogen-bond donors (Lipinski definition) is 2. The SMILES string of the molecule is COc1ccc2c(CC(=O)N3CCCC(CNC(=O)C4CCCN4)C3)coc2c1.Cl. The summed E-state index contributed by atoms with van der Waals surface area (Å²) in [6.07, 6.45) is 5.96. The zero-order chi connectivity index (χ0) is 20.2. The van der Waals surface area contributed by atoms with Crippen molar-refractivity contribution in [2.45, 2.75) is 38.1 Å². The summed E-state index contributed by atoms with van der Waals surface area (Å²) in [5, 5.41) is 7.24. The van der Waals surface area contributed by atoms with E-state index in [0.717, 1.165) is 61.1 Å². The Morgan fingerprint density at radius 2 is 2.17 bits per heavy atom. The predicted octanol–water partition coefficient (Wildman–Crippen LogP) is 2.51. The van der Waals surface area contributed by atoms with Gasteiger partial charge in [0.25, 0.3) is 0 Å². The number of piperidine rings is 1. The van der Waals surface area contributed by atoms with Gasteiger partial charge in [-0.05, 0) is 50.3 Å². The summed E-state index contributed by atoms with van der Waals surface area (Å²) in [4.78, 5) is 27.0. The van der Waals surface area contributed by atoms with Gasteiger partial charge >= 0.3 is 0 Å². The van der Waals surface area contributed by atoms with Crippen molar-refractivity contribution in [3.63, 3.8) is 0 Å². The van der Waals surface area contributed by atoms with Crippen molar-refractivity contribution in [3.05, 3.63) is 30.0 Å². The molecule has 1 aromatic carbocycles. The van der Waals surface area contributed by atoms with Gasteiger partial charge in [-0.2, -0.15) is 0 Å². The van der Waals surface area contributed by atoms with Crippen LogP contribution in [0.1, 0.15) is 31.2 Å². The molecule has 0 saturated carbocycles. The van der Waals surface area contributed by atoms with Crippen LogP contribution in [0.2, 0.25) is 0 Å². The van der Waals surface area contributed by atoms with E-state index >= 15 is 0 Å². The van der Waals surface area contributed by atoms with Crippen molar-refractivity contribution in [3.8, 4) is 5.75 Å². The van der Waals surface area contributed by atoms with Gasteiger partial charge in [0.05, 0.1) is 25.8 Å². The Hall–Kier alpha value is -2.25. The van der Waals surface area contributed by atoms with Gasteiger partial charge in [0.15, 0.2) is 0 Å². The van der Waals surface area contributed by atoms with Crippen LogP contribution in [0.3, 0.4) is 0 Å². The maximum atomic E-state index is 12.9. The number of carbonyl (C=O) groups excluding carboxylic acids is 2. The number of hydrogen-bond acceptors (Lipinski definition) is 5. The molecule has 2 saturated heterocycles. The molecule has 0 spiro atoms. The number of carbonyl (C=O) groups is 2. The molecule has 8 heteroatoms. The molecular formula is C22H30ClN3O4. The number of nitrogens with zero attached hydrogens (tertiary/aromatic N) is 1. The van der Waals surface area contributed by atoms with Crippen molar-refractivity contribution in [1.82, 2.24) is 15.5 Å². The number of likely N-dealkylation sites (tertiary alicyclic amines) is 1. The molecule has 1 aromatic heterocycles. The summed E-state index contributed by atoms with van der Waals surface area (Å²) in [6, 6.07) is 5.60. The van der Waals surface area contributed by atoms with E-state index < -0.39 is 0 Å². The summed E-state index contributed by atoms with van der Waals surface area (Å²) in [7, 11) is 1.62. The molecule has 30 heavy (non-hydrogen) atoms. The first-order chi connectivity index (χ1) is 14.1. The third kappa shape index (κ3) is 5.08. The monoisotopic (exact) mass is 435 g/mol. The summed E-state index contributed by atoms with van der Waals surface area (Å²) in [5.41, 5.74) is 1.63. The Morgan fingerprint density at radius 1 is 1.30 bits per heavy atom. The van der Waals surface area contributed by atoms with Crippen LogP contribution in [0, 0.1) is 5.92 Å². The summed E-state index contributed by atoms with van der Waals surface area (Å²) >= 11 is 0. The van der Waals surface area contributed by atoms with Crippen LogP contribution in [0.5, 0.6) is 5.75 Å². The smallest absolute Gasteiger partial charge is 0.237 e. The minimum absolute atomic E-state index is 0. The van der Waals surface area contributed by atoms with Gasteiger partial charge in [0.2, 0.25) is 11.8 Å². The molecule has 2 fully saturated rings. The second kappa shape index (κ2) is 10.2. The molecule has 2 N–H and O–H groups in total. The average Bonchev–Trinajstić information content (AvgIpc) is 3.42. The number of methoxy groups -OCH3 is 1. The normalized spacial score (nSPS) is 21.3. The third-order valence-electron chi connectivity index (χ3n) is 6.02. The fourth-order valence-corrected chi connectivity index (χ4v) is 4.34. The molecule has 4 rings (SSSR count). The summed E-state index contributed by atoms with van der Waals surface area (Å²) in [6.45, 7) is 3.02. The third-order valence-corrected chi connectivity index (χ3v) is 6.02. The van der Waals surface area contributed by atoms with Gasteiger partial charge in [0.1, 0.15) is 11.3 Å². The number of ether oxygens (including phenoxy) is 1. The Kier molecular flexibility index (Phi) is 7.61. The second-order valence-electron chi connectivity index (χ2n) is 8.04. The molecule has 7 nitrogen and oxygen atoms in total. The first-order valence-corrected chi connectivity index (χ1v) is 10.5. The van der Waals surface area contributed by atoms with Crippen molar-refractivity contribution in [2.75, 3.05) is 33.3 Å². The molecule has 0 radical (unpaired) electrons. The van der Waals surface area contributed by atoms with E-state index in [4.69, 9.17) is 9.15 Å². The van der Waals surface area contributed by atoms with Gasteiger partial charge < -0.3 is 24.7 Å². The lowest BCUT2D eigenvalue weighted by atomic mass is 9.97. The molecule has 2 unspecified atom stereocenters. The Labute approximate surface area is 182 Å². The van der Waals surface area contributed by atoms with Crippen LogP contribution in [0.25, 0.3) is 11.0 Å². The molecule has 2 atom stereocenters. The van der Waals surface area contributed by atoms with E-state index in [0.29, 0.717) is 25.4 Å². The largest absolute Gasteiger partial charge is 0.497 e. The Bertz CT molecular complexity index is 878. The first-order valence-electron chi connectivity index (χ1n) is 10.5. The molecule has 0 bridgehead atoms. The fraction of sp³-hybridized carbons (Fsp3) is 0.545.